The molecule has 3 rings (SSSR count). The summed E-state index contributed by atoms with van der Waals surface area (Å²) >= 11 is 0. The molecule has 4 nitrogen and oxygen atoms in total. The number of anilines is 1. The van der Waals surface area contributed by atoms with Gasteiger partial charge in [-0.2, -0.15) is 0 Å². The summed E-state index contributed by atoms with van der Waals surface area (Å²) in [6, 6.07) is 10.4. The van der Waals surface area contributed by atoms with Crippen LogP contribution in [0.2, 0.25) is 0 Å². The van der Waals surface area contributed by atoms with E-state index in [4.69, 9.17) is 4.74 Å². The Labute approximate surface area is 125 Å². The molecular weight excluding hydrogens is 262 g/mol. The molecule has 0 spiro atoms. The number of hydrogen-bond donors (Lipinski definition) is 1. The molecule has 1 N–H and O–H groups in total. The monoisotopic (exact) mass is 283 g/mol. The Kier molecular flexibility index (Phi) is 4.04. The molecule has 0 radical (unpaired) electrons. The molecule has 1 fully saturated rings. The Morgan fingerprint density at radius 2 is 1.95 bits per heavy atom. The maximum atomic E-state index is 5.18. The van der Waals surface area contributed by atoms with E-state index >= 15 is 0 Å². The normalized spacial score (nSPS) is 21.2. The molecule has 1 heterocycles. The lowest BCUT2D eigenvalue weighted by atomic mass is 10.1. The molecule has 2 aromatic rings. The number of methoxy groups -OCH3 is 1. The quantitative estimate of drug-likeness (QED) is 0.928. The van der Waals surface area contributed by atoms with E-state index < -0.39 is 0 Å². The van der Waals surface area contributed by atoms with Crippen molar-refractivity contribution < 1.29 is 4.74 Å². The van der Waals surface area contributed by atoms with E-state index in [1.807, 2.05) is 36.5 Å². The first-order chi connectivity index (χ1) is 10.2. The van der Waals surface area contributed by atoms with Gasteiger partial charge in [0.05, 0.1) is 12.8 Å². The van der Waals surface area contributed by atoms with Crippen molar-refractivity contribution in [3.8, 4) is 17.0 Å². The van der Waals surface area contributed by atoms with Gasteiger partial charge < -0.3 is 10.1 Å². The van der Waals surface area contributed by atoms with Crippen LogP contribution < -0.4 is 10.1 Å². The minimum atomic E-state index is 0.506. The van der Waals surface area contributed by atoms with Gasteiger partial charge in [-0.15, -0.1) is 0 Å². The van der Waals surface area contributed by atoms with Gasteiger partial charge in [-0.05, 0) is 55.5 Å². The predicted molar refractivity (Wildman–Crippen MR) is 84.4 cm³/mol. The molecule has 0 bridgehead atoms. The van der Waals surface area contributed by atoms with Crippen molar-refractivity contribution in [2.24, 2.45) is 5.92 Å². The lowest BCUT2D eigenvalue weighted by molar-refractivity contribution is 0.415. The summed E-state index contributed by atoms with van der Waals surface area (Å²) in [4.78, 5) is 8.96. The molecular formula is C17H21N3O. The molecule has 0 aliphatic heterocycles. The molecule has 0 amide bonds. The first-order valence-electron chi connectivity index (χ1n) is 7.48. The zero-order chi connectivity index (χ0) is 14.7. The molecule has 110 valence electrons. The summed E-state index contributed by atoms with van der Waals surface area (Å²) in [5, 5.41) is 3.46. The van der Waals surface area contributed by atoms with Gasteiger partial charge in [-0.3, -0.25) is 0 Å². The smallest absolute Gasteiger partial charge is 0.223 e. The fourth-order valence-electron chi connectivity index (χ4n) is 2.87. The fourth-order valence-corrected chi connectivity index (χ4v) is 2.87. The van der Waals surface area contributed by atoms with Crippen LogP contribution in [0.1, 0.15) is 26.2 Å². The Balaban J connectivity index is 1.75. The summed E-state index contributed by atoms with van der Waals surface area (Å²) in [6.45, 7) is 2.30. The van der Waals surface area contributed by atoms with Crippen molar-refractivity contribution in [2.75, 3.05) is 12.4 Å². The molecule has 4 heteroatoms. The van der Waals surface area contributed by atoms with Crippen LogP contribution in [0, 0.1) is 5.92 Å². The van der Waals surface area contributed by atoms with Crippen LogP contribution in [0.3, 0.4) is 0 Å². The van der Waals surface area contributed by atoms with Crippen molar-refractivity contribution in [1.29, 1.82) is 0 Å². The number of benzene rings is 1. The molecule has 21 heavy (non-hydrogen) atoms. The first kappa shape index (κ1) is 13.9. The number of nitrogens with zero attached hydrogens (tertiary/aromatic N) is 2. The van der Waals surface area contributed by atoms with Crippen molar-refractivity contribution in [3.63, 3.8) is 0 Å². The second-order valence-corrected chi connectivity index (χ2v) is 5.75. The second-order valence-electron chi connectivity index (χ2n) is 5.75. The van der Waals surface area contributed by atoms with E-state index in [9.17, 15) is 0 Å². The predicted octanol–water partition coefficient (Wildman–Crippen LogP) is 3.75. The van der Waals surface area contributed by atoms with Crippen molar-refractivity contribution >= 4 is 5.95 Å². The van der Waals surface area contributed by atoms with E-state index in [1.165, 1.54) is 19.3 Å². The van der Waals surface area contributed by atoms with Crippen LogP contribution in [-0.4, -0.2) is 23.1 Å². The van der Waals surface area contributed by atoms with Crippen molar-refractivity contribution in [1.82, 2.24) is 9.97 Å². The Hall–Kier alpha value is -2.10. The second kappa shape index (κ2) is 6.12. The van der Waals surface area contributed by atoms with Gasteiger partial charge in [-0.25, -0.2) is 9.97 Å². The van der Waals surface area contributed by atoms with Gasteiger partial charge >= 0.3 is 0 Å². The molecule has 1 aliphatic rings. The van der Waals surface area contributed by atoms with Gasteiger partial charge in [-0.1, -0.05) is 6.92 Å². The highest BCUT2D eigenvalue weighted by Crippen LogP contribution is 2.27. The van der Waals surface area contributed by atoms with Gasteiger partial charge in [0.25, 0.3) is 0 Å². The minimum absolute atomic E-state index is 0.506. The Morgan fingerprint density at radius 1 is 1.14 bits per heavy atom. The third-order valence-electron chi connectivity index (χ3n) is 4.07. The SMILES string of the molecule is COc1ccc(-c2ccnc(NC3CCC(C)C3)n2)cc1. The van der Waals surface area contributed by atoms with Crippen LogP contribution in [0.4, 0.5) is 5.95 Å². The zero-order valence-corrected chi connectivity index (χ0v) is 12.5. The number of ether oxygens (including phenoxy) is 1. The topological polar surface area (TPSA) is 47.0 Å². The fraction of sp³-hybridized carbons (Fsp3) is 0.412. The van der Waals surface area contributed by atoms with Gasteiger partial charge in [0, 0.05) is 17.8 Å². The first-order valence-corrected chi connectivity index (χ1v) is 7.48. The maximum absolute atomic E-state index is 5.18. The van der Waals surface area contributed by atoms with E-state index in [0.717, 1.165) is 28.9 Å². The lowest BCUT2D eigenvalue weighted by Crippen LogP contribution is -2.17. The maximum Gasteiger partial charge on any atom is 0.223 e. The zero-order valence-electron chi connectivity index (χ0n) is 12.5. The molecule has 1 saturated carbocycles. The van der Waals surface area contributed by atoms with E-state index in [2.05, 4.69) is 22.2 Å². The van der Waals surface area contributed by atoms with Gasteiger partial charge in [0.15, 0.2) is 0 Å². The van der Waals surface area contributed by atoms with Crippen LogP contribution in [0.15, 0.2) is 36.5 Å². The average molecular weight is 283 g/mol. The number of aromatic nitrogens is 2. The largest absolute Gasteiger partial charge is 0.497 e. The molecule has 1 aromatic carbocycles. The van der Waals surface area contributed by atoms with Crippen molar-refractivity contribution in [2.45, 2.75) is 32.2 Å². The summed E-state index contributed by atoms with van der Waals surface area (Å²) in [7, 11) is 1.67. The van der Waals surface area contributed by atoms with Crippen LogP contribution in [-0.2, 0) is 0 Å². The Bertz CT molecular complexity index is 597. The van der Waals surface area contributed by atoms with E-state index in [-0.39, 0.29) is 0 Å². The summed E-state index contributed by atoms with van der Waals surface area (Å²) < 4.78 is 5.18. The minimum Gasteiger partial charge on any atom is -0.497 e. The van der Waals surface area contributed by atoms with Gasteiger partial charge in [0.2, 0.25) is 5.95 Å². The highest BCUT2D eigenvalue weighted by molar-refractivity contribution is 5.61. The summed E-state index contributed by atoms with van der Waals surface area (Å²) in [5.41, 5.74) is 2.00. The lowest BCUT2D eigenvalue weighted by Gasteiger charge is -2.13. The summed E-state index contributed by atoms with van der Waals surface area (Å²) in [6.07, 6.45) is 5.51. The van der Waals surface area contributed by atoms with Crippen LogP contribution in [0.25, 0.3) is 11.3 Å². The molecule has 2 unspecified atom stereocenters. The number of nitrogens with one attached hydrogen (secondary N) is 1. The molecule has 2 atom stereocenters. The Morgan fingerprint density at radius 3 is 2.62 bits per heavy atom. The van der Waals surface area contributed by atoms with Crippen molar-refractivity contribution in [3.05, 3.63) is 36.5 Å². The molecule has 1 aliphatic carbocycles. The van der Waals surface area contributed by atoms with E-state index in [0.29, 0.717) is 6.04 Å². The molecule has 0 saturated heterocycles. The average Bonchev–Trinajstić information content (AvgIpc) is 2.93. The van der Waals surface area contributed by atoms with E-state index in [1.54, 1.807) is 7.11 Å². The van der Waals surface area contributed by atoms with Crippen LogP contribution in [0.5, 0.6) is 5.75 Å². The number of rotatable bonds is 4. The van der Waals surface area contributed by atoms with Crippen LogP contribution >= 0.6 is 0 Å². The third-order valence-corrected chi connectivity index (χ3v) is 4.07. The number of hydrogen-bond acceptors (Lipinski definition) is 4. The third kappa shape index (κ3) is 3.32. The standard InChI is InChI=1S/C17H21N3O/c1-12-3-6-14(11-12)19-17-18-10-9-16(20-17)13-4-7-15(21-2)8-5-13/h4-5,7-10,12,14H,3,6,11H2,1-2H3,(H,18,19,20). The highest BCUT2D eigenvalue weighted by Gasteiger charge is 2.21. The summed E-state index contributed by atoms with van der Waals surface area (Å²) in [5.74, 6) is 2.38. The molecule has 1 aromatic heterocycles. The highest BCUT2D eigenvalue weighted by atomic mass is 16.5. The van der Waals surface area contributed by atoms with Gasteiger partial charge in [0.1, 0.15) is 5.75 Å².